The van der Waals surface area contributed by atoms with Crippen LogP contribution in [0.1, 0.15) is 45.0 Å². The predicted octanol–water partition coefficient (Wildman–Crippen LogP) is 7.78. The molecule has 0 saturated heterocycles. The van der Waals surface area contributed by atoms with E-state index in [1.54, 1.807) is 29.7 Å². The van der Waals surface area contributed by atoms with Crippen LogP contribution >= 0.6 is 34.5 Å². The zero-order valence-corrected chi connectivity index (χ0v) is 21.8. The molecule has 10 heteroatoms. The molecule has 0 radical (unpaired) electrons. The van der Waals surface area contributed by atoms with E-state index in [2.05, 4.69) is 10.3 Å². The number of carbonyl (C=O) groups is 1. The lowest BCUT2D eigenvalue weighted by Gasteiger charge is -2.12. The Morgan fingerprint density at radius 1 is 1.11 bits per heavy atom. The average Bonchev–Trinajstić information content (AvgIpc) is 3.52. The Balaban J connectivity index is 1.40. The lowest BCUT2D eigenvalue weighted by Crippen LogP contribution is -2.24. The van der Waals surface area contributed by atoms with Crippen molar-refractivity contribution in [2.24, 2.45) is 4.99 Å². The quantitative estimate of drug-likeness (QED) is 0.143. The summed E-state index contributed by atoms with van der Waals surface area (Å²) in [4.78, 5) is 29.6. The molecule has 0 saturated carbocycles. The molecule has 188 valence electrons. The van der Waals surface area contributed by atoms with Gasteiger partial charge in [0.1, 0.15) is 21.5 Å². The Hall–Kier alpha value is -3.46. The van der Waals surface area contributed by atoms with Gasteiger partial charge in [0, 0.05) is 23.1 Å². The van der Waals surface area contributed by atoms with E-state index in [1.165, 1.54) is 17.0 Å². The second-order valence-corrected chi connectivity index (χ2v) is 10.5. The maximum Gasteiger partial charge on any atom is 0.289 e. The highest BCUT2D eigenvalue weighted by molar-refractivity contribution is 7.16. The van der Waals surface area contributed by atoms with Gasteiger partial charge in [0.2, 0.25) is 0 Å². The average molecular weight is 554 g/mol. The summed E-state index contributed by atoms with van der Waals surface area (Å²) >= 11 is 13.8. The fourth-order valence-electron chi connectivity index (χ4n) is 4.30. The van der Waals surface area contributed by atoms with Crippen LogP contribution in [0.2, 0.25) is 10.0 Å². The van der Waals surface area contributed by atoms with Crippen molar-refractivity contribution in [2.75, 3.05) is 0 Å². The maximum atomic E-state index is 13.2. The van der Waals surface area contributed by atoms with E-state index in [0.717, 1.165) is 36.8 Å². The standard InChI is InChI=1S/C27H21Cl2N3O4S/c28-20-13-22(32(34)35)21(29)12-19(20)23-11-10-17(36-23)15-31-27-25(18-8-4-5-9-24(18)37-27)26(33)30-14-16-6-2-1-3-7-16/h1-3,6-7,10-13,15H,4-5,8-9,14H2,(H,30,33)/b31-15+. The highest BCUT2D eigenvalue weighted by Crippen LogP contribution is 2.40. The van der Waals surface area contributed by atoms with Crippen LogP contribution in [0.15, 0.2) is 64.0 Å². The Morgan fingerprint density at radius 2 is 1.89 bits per heavy atom. The number of amides is 1. The molecule has 1 N–H and O–H groups in total. The molecular weight excluding hydrogens is 533 g/mol. The number of hydrogen-bond donors (Lipinski definition) is 1. The van der Waals surface area contributed by atoms with Gasteiger partial charge in [-0.2, -0.15) is 0 Å². The second-order valence-electron chi connectivity index (χ2n) is 8.56. The van der Waals surface area contributed by atoms with E-state index in [-0.39, 0.29) is 21.6 Å². The molecule has 0 bridgehead atoms. The molecule has 0 fully saturated rings. The first-order valence-corrected chi connectivity index (χ1v) is 13.2. The van der Waals surface area contributed by atoms with Crippen LogP contribution in [-0.4, -0.2) is 17.0 Å². The summed E-state index contributed by atoms with van der Waals surface area (Å²) in [6.07, 6.45) is 5.52. The monoisotopic (exact) mass is 553 g/mol. The van der Waals surface area contributed by atoms with E-state index in [9.17, 15) is 14.9 Å². The number of furan rings is 1. The molecule has 1 amide bonds. The van der Waals surface area contributed by atoms with Crippen LogP contribution in [0.5, 0.6) is 0 Å². The fourth-order valence-corrected chi connectivity index (χ4v) is 6.01. The summed E-state index contributed by atoms with van der Waals surface area (Å²) in [5.41, 5.74) is 2.90. The molecule has 37 heavy (non-hydrogen) atoms. The molecule has 0 spiro atoms. The molecule has 2 aromatic carbocycles. The van der Waals surface area contributed by atoms with Crippen LogP contribution in [0, 0.1) is 10.1 Å². The number of thiophene rings is 1. The van der Waals surface area contributed by atoms with E-state index in [4.69, 9.17) is 27.6 Å². The Bertz CT molecular complexity index is 1510. The first-order chi connectivity index (χ1) is 17.9. The largest absolute Gasteiger partial charge is 0.455 e. The molecular formula is C27H21Cl2N3O4S. The van der Waals surface area contributed by atoms with Crippen LogP contribution in [0.25, 0.3) is 11.3 Å². The van der Waals surface area contributed by atoms with Gasteiger partial charge in [-0.3, -0.25) is 14.9 Å². The van der Waals surface area contributed by atoms with Gasteiger partial charge in [-0.25, -0.2) is 4.99 Å². The summed E-state index contributed by atoms with van der Waals surface area (Å²) in [6, 6.07) is 15.8. The van der Waals surface area contributed by atoms with Crippen molar-refractivity contribution in [1.82, 2.24) is 5.32 Å². The molecule has 0 unspecified atom stereocenters. The zero-order chi connectivity index (χ0) is 25.9. The van der Waals surface area contributed by atoms with Gasteiger partial charge in [-0.15, -0.1) is 11.3 Å². The van der Waals surface area contributed by atoms with Gasteiger partial charge in [0.15, 0.2) is 0 Å². The predicted molar refractivity (Wildman–Crippen MR) is 147 cm³/mol. The number of nitro groups is 1. The summed E-state index contributed by atoms with van der Waals surface area (Å²) in [7, 11) is 0. The number of rotatable bonds is 7. The van der Waals surface area contributed by atoms with Gasteiger partial charge < -0.3 is 9.73 Å². The number of fused-ring (bicyclic) bond motifs is 1. The number of halogens is 2. The minimum atomic E-state index is -0.591. The van der Waals surface area contributed by atoms with E-state index in [0.29, 0.717) is 34.2 Å². The molecule has 4 aromatic rings. The van der Waals surface area contributed by atoms with Crippen molar-refractivity contribution in [3.63, 3.8) is 0 Å². The molecule has 1 aliphatic rings. The van der Waals surface area contributed by atoms with Crippen molar-refractivity contribution in [3.05, 3.63) is 102 Å². The highest BCUT2D eigenvalue weighted by Gasteiger charge is 2.25. The van der Waals surface area contributed by atoms with Crippen LogP contribution in [0.4, 0.5) is 10.7 Å². The number of nitrogens with one attached hydrogen (secondary N) is 1. The lowest BCUT2D eigenvalue weighted by atomic mass is 9.95. The van der Waals surface area contributed by atoms with E-state index < -0.39 is 4.92 Å². The van der Waals surface area contributed by atoms with Gasteiger partial charge in [-0.05, 0) is 55.0 Å². The van der Waals surface area contributed by atoms with Gasteiger partial charge in [0.05, 0.1) is 21.7 Å². The normalized spacial score (nSPS) is 13.0. The number of nitrogens with zero attached hydrogens (tertiary/aromatic N) is 2. The minimum Gasteiger partial charge on any atom is -0.455 e. The Kier molecular flexibility index (Phi) is 7.41. The van der Waals surface area contributed by atoms with Crippen molar-refractivity contribution >= 4 is 57.3 Å². The third-order valence-electron chi connectivity index (χ3n) is 6.11. The lowest BCUT2D eigenvalue weighted by molar-refractivity contribution is -0.384. The number of aryl methyl sites for hydroxylation is 1. The molecule has 1 aliphatic carbocycles. The van der Waals surface area contributed by atoms with E-state index in [1.807, 2.05) is 30.3 Å². The molecule has 2 heterocycles. The van der Waals surface area contributed by atoms with Crippen LogP contribution < -0.4 is 5.32 Å². The van der Waals surface area contributed by atoms with E-state index >= 15 is 0 Å². The minimum absolute atomic E-state index is 0.0358. The summed E-state index contributed by atoms with van der Waals surface area (Å²) < 4.78 is 5.88. The Labute approximate surface area is 226 Å². The molecule has 7 nitrogen and oxygen atoms in total. The zero-order valence-electron chi connectivity index (χ0n) is 19.5. The molecule has 2 aromatic heterocycles. The summed E-state index contributed by atoms with van der Waals surface area (Å²) in [5, 5.41) is 14.9. The SMILES string of the molecule is O=C(NCc1ccccc1)c1c(/N=C/c2ccc(-c3cc(Cl)c([N+](=O)[O-])cc3Cl)o2)sc2c1CCCC2. The van der Waals surface area contributed by atoms with Gasteiger partial charge >= 0.3 is 0 Å². The third kappa shape index (κ3) is 5.46. The van der Waals surface area contributed by atoms with Crippen molar-refractivity contribution in [1.29, 1.82) is 0 Å². The summed E-state index contributed by atoms with van der Waals surface area (Å²) in [6.45, 7) is 0.438. The van der Waals surface area contributed by atoms with Crippen LogP contribution in [-0.2, 0) is 19.4 Å². The fraction of sp³-hybridized carbons (Fsp3) is 0.185. The smallest absolute Gasteiger partial charge is 0.289 e. The topological polar surface area (TPSA) is 97.7 Å². The Morgan fingerprint density at radius 3 is 2.68 bits per heavy atom. The number of carbonyl (C=O) groups excluding carboxylic acids is 1. The van der Waals surface area contributed by atoms with Crippen molar-refractivity contribution in [2.45, 2.75) is 32.2 Å². The third-order valence-corrected chi connectivity index (χ3v) is 7.93. The van der Waals surface area contributed by atoms with Gasteiger partial charge in [-0.1, -0.05) is 53.5 Å². The first-order valence-electron chi connectivity index (χ1n) is 11.6. The number of benzene rings is 2. The van der Waals surface area contributed by atoms with Crippen molar-refractivity contribution < 1.29 is 14.1 Å². The summed E-state index contributed by atoms with van der Waals surface area (Å²) in [5.74, 6) is 0.708. The van der Waals surface area contributed by atoms with Gasteiger partial charge in [0.25, 0.3) is 11.6 Å². The first kappa shape index (κ1) is 25.2. The van der Waals surface area contributed by atoms with Crippen molar-refractivity contribution in [3.8, 4) is 11.3 Å². The maximum absolute atomic E-state index is 13.2. The van der Waals surface area contributed by atoms with Crippen LogP contribution in [0.3, 0.4) is 0 Å². The molecule has 0 atom stereocenters. The number of hydrogen-bond acceptors (Lipinski definition) is 6. The second kappa shape index (κ2) is 10.9. The molecule has 0 aliphatic heterocycles. The molecule has 5 rings (SSSR count). The highest BCUT2D eigenvalue weighted by atomic mass is 35.5. The number of nitro benzene ring substituents is 1. The number of aliphatic imine (C=N–C) groups is 1.